The zero-order chi connectivity index (χ0) is 29.8. The van der Waals surface area contributed by atoms with Gasteiger partial charge in [-0.1, -0.05) is 36.4 Å². The van der Waals surface area contributed by atoms with Crippen LogP contribution in [0.4, 0.5) is 5.95 Å². The van der Waals surface area contributed by atoms with E-state index < -0.39 is 53.9 Å². The van der Waals surface area contributed by atoms with E-state index in [4.69, 9.17) is 18.9 Å². The van der Waals surface area contributed by atoms with E-state index in [1.54, 1.807) is 60.7 Å². The number of fused-ring (bicyclic) bond motifs is 1. The molecule has 4 aromatic rings. The molecule has 0 bridgehead atoms. The highest BCUT2D eigenvalue weighted by Crippen LogP contribution is 2.36. The van der Waals surface area contributed by atoms with Gasteiger partial charge in [0.25, 0.3) is 5.56 Å². The van der Waals surface area contributed by atoms with Gasteiger partial charge >= 0.3 is 17.9 Å². The van der Waals surface area contributed by atoms with Crippen LogP contribution < -0.4 is 10.9 Å². The molecular weight excluding hydrogens is 550 g/mol. The van der Waals surface area contributed by atoms with Crippen molar-refractivity contribution in [3.05, 3.63) is 88.5 Å². The van der Waals surface area contributed by atoms with Crippen molar-refractivity contribution in [3.8, 4) is 0 Å². The molecule has 4 atom stereocenters. The topological polar surface area (TPSA) is 181 Å². The second-order valence-corrected chi connectivity index (χ2v) is 9.26. The lowest BCUT2D eigenvalue weighted by atomic mass is 10.1. The summed E-state index contributed by atoms with van der Waals surface area (Å²) in [6, 6.07) is 16.4. The van der Waals surface area contributed by atoms with Gasteiger partial charge in [0.05, 0.1) is 17.5 Å². The van der Waals surface area contributed by atoms with Gasteiger partial charge in [-0.2, -0.15) is 4.98 Å². The predicted molar refractivity (Wildman–Crippen MR) is 144 cm³/mol. The molecule has 14 heteroatoms. The minimum absolute atomic E-state index is 0.0141. The van der Waals surface area contributed by atoms with Gasteiger partial charge in [-0.25, -0.2) is 14.6 Å². The van der Waals surface area contributed by atoms with Crippen LogP contribution in [0.25, 0.3) is 11.2 Å². The van der Waals surface area contributed by atoms with E-state index in [0.717, 1.165) is 0 Å². The number of hydrogen-bond donors (Lipinski definition) is 2. The van der Waals surface area contributed by atoms with Crippen molar-refractivity contribution in [1.29, 1.82) is 0 Å². The fourth-order valence-electron chi connectivity index (χ4n) is 4.45. The number of nitrogens with zero attached hydrogens (tertiary/aromatic N) is 3. The first-order valence-electron chi connectivity index (χ1n) is 12.8. The van der Waals surface area contributed by atoms with E-state index in [-0.39, 0.29) is 34.8 Å². The van der Waals surface area contributed by atoms with Crippen LogP contribution in [0.2, 0.25) is 0 Å². The first-order chi connectivity index (χ1) is 20.2. The summed E-state index contributed by atoms with van der Waals surface area (Å²) in [7, 11) is 0. The fourth-order valence-corrected chi connectivity index (χ4v) is 4.45. The Morgan fingerprint density at radius 3 is 2.19 bits per heavy atom. The fraction of sp³-hybridized carbons (Fsp3) is 0.250. The number of nitrogens with one attached hydrogen (secondary N) is 2. The third kappa shape index (κ3) is 6.02. The van der Waals surface area contributed by atoms with Crippen LogP contribution in [-0.4, -0.2) is 68.3 Å². The maximum absolute atomic E-state index is 13.1. The molecule has 1 aliphatic rings. The molecule has 216 valence electrons. The van der Waals surface area contributed by atoms with Crippen molar-refractivity contribution < 1.29 is 38.1 Å². The molecule has 3 heterocycles. The maximum Gasteiger partial charge on any atom is 0.338 e. The largest absolute Gasteiger partial charge is 0.459 e. The Labute approximate surface area is 237 Å². The molecule has 42 heavy (non-hydrogen) atoms. The number of aromatic amines is 1. The molecule has 0 spiro atoms. The smallest absolute Gasteiger partial charge is 0.338 e. The molecule has 14 nitrogen and oxygen atoms in total. The molecule has 1 saturated heterocycles. The summed E-state index contributed by atoms with van der Waals surface area (Å²) in [6.45, 7) is 2.03. The van der Waals surface area contributed by atoms with Crippen LogP contribution in [0.15, 0.2) is 71.8 Å². The normalized spacial score (nSPS) is 19.7. The average molecular weight is 576 g/mol. The number of amides is 1. The number of H-pyrrole nitrogens is 1. The number of hydrogen-bond acceptors (Lipinski definition) is 11. The third-order valence-electron chi connectivity index (χ3n) is 6.23. The number of anilines is 1. The van der Waals surface area contributed by atoms with Crippen LogP contribution in [0.3, 0.4) is 0 Å². The highest BCUT2D eigenvalue weighted by atomic mass is 16.7. The molecule has 1 aliphatic heterocycles. The molecule has 0 unspecified atom stereocenters. The van der Waals surface area contributed by atoms with E-state index in [2.05, 4.69) is 20.3 Å². The van der Waals surface area contributed by atoms with Gasteiger partial charge in [-0.3, -0.25) is 29.3 Å². The number of aromatic nitrogens is 4. The summed E-state index contributed by atoms with van der Waals surface area (Å²) in [5.74, 6) is -2.73. The van der Waals surface area contributed by atoms with Gasteiger partial charge in [-0.05, 0) is 24.3 Å². The molecule has 1 amide bonds. The number of carbonyl (C=O) groups excluding carboxylic acids is 4. The van der Waals surface area contributed by atoms with Gasteiger partial charge in [0.15, 0.2) is 29.6 Å². The van der Waals surface area contributed by atoms with E-state index in [9.17, 15) is 24.0 Å². The van der Waals surface area contributed by atoms with E-state index >= 15 is 0 Å². The Balaban J connectivity index is 1.52. The highest BCUT2D eigenvalue weighted by molar-refractivity contribution is 5.90. The number of rotatable bonds is 8. The summed E-state index contributed by atoms with van der Waals surface area (Å²) in [5.41, 5.74) is -0.240. The number of carbonyl (C=O) groups is 4. The highest BCUT2D eigenvalue weighted by Gasteiger charge is 2.51. The summed E-state index contributed by atoms with van der Waals surface area (Å²) in [4.78, 5) is 73.0. The van der Waals surface area contributed by atoms with Crippen molar-refractivity contribution in [1.82, 2.24) is 19.5 Å². The summed E-state index contributed by atoms with van der Waals surface area (Å²) >= 11 is 0. The molecule has 2 aromatic heterocycles. The Bertz CT molecular complexity index is 1690. The predicted octanol–water partition coefficient (Wildman–Crippen LogP) is 1.99. The maximum atomic E-state index is 13.1. The molecule has 1 fully saturated rings. The van der Waals surface area contributed by atoms with Crippen LogP contribution >= 0.6 is 0 Å². The van der Waals surface area contributed by atoms with Crippen LogP contribution in [0.1, 0.15) is 40.8 Å². The summed E-state index contributed by atoms with van der Waals surface area (Å²) in [5, 5.41) is 2.40. The van der Waals surface area contributed by atoms with Crippen molar-refractivity contribution in [2.24, 2.45) is 0 Å². The minimum atomic E-state index is -1.28. The lowest BCUT2D eigenvalue weighted by molar-refractivity contribution is -0.156. The van der Waals surface area contributed by atoms with Crippen molar-refractivity contribution >= 4 is 40.9 Å². The van der Waals surface area contributed by atoms with Crippen molar-refractivity contribution in [2.45, 2.75) is 38.4 Å². The molecule has 0 aliphatic carbocycles. The Kier molecular flexibility index (Phi) is 8.06. The Morgan fingerprint density at radius 1 is 0.929 bits per heavy atom. The zero-order valence-corrected chi connectivity index (χ0v) is 22.4. The van der Waals surface area contributed by atoms with Crippen LogP contribution in [0.5, 0.6) is 0 Å². The molecule has 5 rings (SSSR count). The first-order valence-corrected chi connectivity index (χ1v) is 12.8. The second kappa shape index (κ2) is 12.0. The monoisotopic (exact) mass is 575 g/mol. The Hall–Kier alpha value is -5.37. The SMILES string of the molecule is CC(=O)Nc1nc2c(ncn2[C@@H]2O[C@H](COC(=O)c3ccccc3)[C@@H](OC(=O)c3ccccc3)[C@H]2OC(C)=O)c(=O)[nH]1. The number of ether oxygens (including phenoxy) is 4. The summed E-state index contributed by atoms with van der Waals surface area (Å²) in [6.07, 6.45) is -3.65. The zero-order valence-electron chi connectivity index (χ0n) is 22.4. The van der Waals surface area contributed by atoms with Gasteiger partial charge in [-0.15, -0.1) is 0 Å². The first kappa shape index (κ1) is 28.2. The van der Waals surface area contributed by atoms with E-state index in [0.29, 0.717) is 0 Å². The number of benzene rings is 2. The van der Waals surface area contributed by atoms with E-state index in [1.165, 1.54) is 24.7 Å². The van der Waals surface area contributed by atoms with Crippen molar-refractivity contribution in [3.63, 3.8) is 0 Å². The molecule has 2 N–H and O–H groups in total. The Morgan fingerprint density at radius 2 is 1.57 bits per heavy atom. The quantitative estimate of drug-likeness (QED) is 0.232. The van der Waals surface area contributed by atoms with Gasteiger partial charge in [0.1, 0.15) is 12.7 Å². The van der Waals surface area contributed by atoms with Gasteiger partial charge in [0, 0.05) is 13.8 Å². The second-order valence-electron chi connectivity index (χ2n) is 9.26. The molecular formula is C28H25N5O9. The average Bonchev–Trinajstić information content (AvgIpc) is 3.53. The van der Waals surface area contributed by atoms with Gasteiger partial charge < -0.3 is 18.9 Å². The van der Waals surface area contributed by atoms with Crippen LogP contribution in [0, 0.1) is 0 Å². The standard InChI is InChI=1S/C28H25N5O9/c1-15(34)30-28-31-23-20(24(36)32-28)29-14-33(23)25-22(40-16(2)35)21(42-27(38)18-11-7-4-8-12-18)19(41-25)13-39-26(37)17-9-5-3-6-10-17/h3-12,14,19,21-22,25H,13H2,1-2H3,(H2,30,31,32,34,36)/t19-,21-,22-,25-/m1/s1. The lowest BCUT2D eigenvalue weighted by Crippen LogP contribution is -2.41. The lowest BCUT2D eigenvalue weighted by Gasteiger charge is -2.24. The molecule has 0 radical (unpaired) electrons. The molecule has 0 saturated carbocycles. The van der Waals surface area contributed by atoms with Crippen LogP contribution in [-0.2, 0) is 28.5 Å². The van der Waals surface area contributed by atoms with E-state index in [1.807, 2.05) is 0 Å². The number of esters is 3. The van der Waals surface area contributed by atoms with Gasteiger partial charge in [0.2, 0.25) is 11.9 Å². The minimum Gasteiger partial charge on any atom is -0.459 e. The number of imidazole rings is 1. The molecule has 2 aromatic carbocycles. The van der Waals surface area contributed by atoms with Crippen molar-refractivity contribution in [2.75, 3.05) is 11.9 Å². The third-order valence-corrected chi connectivity index (χ3v) is 6.23. The summed E-state index contributed by atoms with van der Waals surface area (Å²) < 4.78 is 24.3.